The molecule has 44 heteroatoms. The van der Waals surface area contributed by atoms with E-state index in [1.807, 2.05) is 0 Å². The van der Waals surface area contributed by atoms with E-state index in [0.29, 0.717) is 0 Å². The predicted molar refractivity (Wildman–Crippen MR) is 54.3 cm³/mol. The maximum atomic E-state index is 9.55. The Morgan fingerprint density at radius 3 is 0.489 bits per heavy atom. The Morgan fingerprint density at radius 2 is 0.356 bits per heavy atom. The van der Waals surface area contributed by atoms with Gasteiger partial charge in [-0.05, 0) is 40.3 Å². The van der Waals surface area contributed by atoms with Crippen LogP contribution in [0.2, 0.25) is 0 Å². The summed E-state index contributed by atoms with van der Waals surface area (Å²) < 4.78 is 0. The third kappa shape index (κ3) is 41.8. The van der Waals surface area contributed by atoms with Gasteiger partial charge in [-0.2, -0.15) is 0 Å². The van der Waals surface area contributed by atoms with Gasteiger partial charge in [-0.1, -0.05) is 0 Å². The first-order valence-electron chi connectivity index (χ1n) is 7.49. The molecule has 0 aromatic carbocycles. The molecule has 0 saturated carbocycles. The molecule has 0 saturated heterocycles. The fraction of sp³-hybridized carbons (Fsp3) is 0. The van der Waals surface area contributed by atoms with Crippen molar-refractivity contribution in [3.05, 3.63) is 0 Å². The van der Waals surface area contributed by atoms with Gasteiger partial charge in [0.25, 0.3) is 0 Å². The van der Waals surface area contributed by atoms with Crippen molar-refractivity contribution < 1.29 is 222 Å². The molecule has 0 amide bonds. The van der Waals surface area contributed by atoms with Crippen LogP contribution in [0, 0.1) is 0 Å². The van der Waals surface area contributed by atoms with Gasteiger partial charge in [0.15, 0.2) is 0 Å². The Bertz CT molecular complexity index is 499. The molecule has 0 aliphatic carbocycles. The molecule has 0 rings (SSSR count). The summed E-state index contributed by atoms with van der Waals surface area (Å²) in [5, 5.41) is 149. The quantitative estimate of drug-likeness (QED) is 0.0281. The van der Waals surface area contributed by atoms with Gasteiger partial charge < -0.3 is 0 Å². The summed E-state index contributed by atoms with van der Waals surface area (Å²) in [7, 11) is 0. The summed E-state index contributed by atoms with van der Waals surface area (Å²) >= 11 is 0. The van der Waals surface area contributed by atoms with Crippen molar-refractivity contribution >= 4 is 6.47 Å². The molecule has 1 N–H and O–H groups in total. The summed E-state index contributed by atoms with van der Waals surface area (Å²) in [5.41, 5.74) is 0. The first kappa shape index (κ1) is 42.8. The second-order valence-corrected chi connectivity index (χ2v) is 2.99. The number of rotatable bonds is 42. The van der Waals surface area contributed by atoms with Crippen LogP contribution in [-0.4, -0.2) is 11.7 Å². The minimum absolute atomic E-state index is 0.185. The zero-order valence-corrected chi connectivity index (χ0v) is 18.6. The molecular formula is CH2O44. The van der Waals surface area contributed by atoms with Crippen LogP contribution in [-0.2, 0) is 216 Å². The zero-order valence-electron chi connectivity index (χ0n) is 18.6. The van der Waals surface area contributed by atoms with E-state index in [0.717, 1.165) is 0 Å². The minimum Gasteiger partial charge on any atom is -0.270 e. The van der Waals surface area contributed by atoms with Crippen molar-refractivity contribution in [3.63, 3.8) is 0 Å². The lowest BCUT2D eigenvalue weighted by Crippen LogP contribution is -2.06. The summed E-state index contributed by atoms with van der Waals surface area (Å²) in [5.74, 6) is 0. The summed E-state index contributed by atoms with van der Waals surface area (Å²) in [6.07, 6.45) is 0. The Kier molecular flexibility index (Phi) is 39.7. The standard InChI is InChI=1S/CH2O44/c2-1-4-6-8-10-12-14-16-18-20-22-24-26-28-30-32-34-36-38-40-42-44-45-43-41-39-37-35-33-31-29-27-25-23-21-19-17-15-13-11-9-7-5-3/h1,3H. The average molecular weight is 718 g/mol. The van der Waals surface area contributed by atoms with Gasteiger partial charge in [-0.15, -0.1) is 0 Å². The molecule has 270 valence electrons. The normalized spacial score (nSPS) is 11.4. The van der Waals surface area contributed by atoms with Crippen LogP contribution in [0.5, 0.6) is 0 Å². The highest BCUT2D eigenvalue weighted by Crippen LogP contribution is 1.96. The highest BCUT2D eigenvalue weighted by molar-refractivity contribution is 5.35. The fourth-order valence-electron chi connectivity index (χ4n) is 0.475. The molecule has 0 aromatic rings. The van der Waals surface area contributed by atoms with E-state index in [2.05, 4.69) is 211 Å². The summed E-state index contributed by atoms with van der Waals surface area (Å²) in [4.78, 5) is 13.0. The third-order valence-electron chi connectivity index (χ3n) is 1.19. The lowest BCUT2D eigenvalue weighted by molar-refractivity contribution is -0.909. The first-order valence-corrected chi connectivity index (χ1v) is 7.49. The molecule has 0 atom stereocenters. The zero-order chi connectivity index (χ0) is 32.4. The summed E-state index contributed by atoms with van der Waals surface area (Å²) in [6, 6.07) is 0. The summed E-state index contributed by atoms with van der Waals surface area (Å²) in [6.45, 7) is -0.185. The van der Waals surface area contributed by atoms with Crippen molar-refractivity contribution in [2.24, 2.45) is 0 Å². The van der Waals surface area contributed by atoms with Gasteiger partial charge >= 0.3 is 6.47 Å². The number of hydrogen-bond acceptors (Lipinski definition) is 44. The lowest BCUT2D eigenvalue weighted by Gasteiger charge is -1.99. The molecule has 0 aliphatic rings. The molecular weight excluding hydrogens is 716 g/mol. The van der Waals surface area contributed by atoms with Gasteiger partial charge in [0.1, 0.15) is 0 Å². The van der Waals surface area contributed by atoms with Gasteiger partial charge in [0, 0.05) is 166 Å². The van der Waals surface area contributed by atoms with Crippen LogP contribution in [0.15, 0.2) is 0 Å². The molecule has 44 nitrogen and oxygen atoms in total. The van der Waals surface area contributed by atoms with Crippen molar-refractivity contribution in [3.8, 4) is 0 Å². The van der Waals surface area contributed by atoms with Crippen LogP contribution in [0.25, 0.3) is 0 Å². The van der Waals surface area contributed by atoms with Gasteiger partial charge in [-0.25, -0.2) is 5.26 Å². The van der Waals surface area contributed by atoms with E-state index in [9.17, 15) is 4.79 Å². The van der Waals surface area contributed by atoms with Crippen LogP contribution in [0.3, 0.4) is 0 Å². The van der Waals surface area contributed by atoms with E-state index in [1.165, 1.54) is 0 Å². The van der Waals surface area contributed by atoms with E-state index >= 15 is 0 Å². The van der Waals surface area contributed by atoms with E-state index < -0.39 is 0 Å². The maximum Gasteiger partial charge on any atom is 0.334 e. The Balaban J connectivity index is 3.03. The topological polar surface area (TPSA) is 425 Å². The molecule has 0 heterocycles. The molecule has 0 spiro atoms. The number of carbonyl (C=O) groups is 1. The Labute approximate surface area is 229 Å². The third-order valence-corrected chi connectivity index (χ3v) is 1.19. The van der Waals surface area contributed by atoms with Crippen molar-refractivity contribution in [2.75, 3.05) is 0 Å². The Morgan fingerprint density at radius 1 is 0.222 bits per heavy atom. The van der Waals surface area contributed by atoms with Gasteiger partial charge in [0.2, 0.25) is 0 Å². The highest BCUT2D eigenvalue weighted by Gasteiger charge is 2.03. The maximum absolute atomic E-state index is 9.55. The SMILES string of the molecule is O=COOOOOOOOOOOOOOOOOOOOOOOOOOOOOOOOOOOOOOOOOOO. The highest BCUT2D eigenvalue weighted by atomic mass is 18.0. The fourth-order valence-corrected chi connectivity index (χ4v) is 0.475. The first-order chi connectivity index (χ1) is 22.4. The molecule has 0 aromatic heterocycles. The molecule has 0 fully saturated rings. The van der Waals surface area contributed by atoms with Crippen LogP contribution in [0.4, 0.5) is 0 Å². The van der Waals surface area contributed by atoms with Gasteiger partial charge in [0.05, 0.1) is 0 Å². The predicted octanol–water partition coefficient (Wildman–Crippen LogP) is -3.17. The van der Waals surface area contributed by atoms with Crippen LogP contribution < -0.4 is 0 Å². The van der Waals surface area contributed by atoms with Crippen molar-refractivity contribution in [2.45, 2.75) is 0 Å². The molecule has 0 radical (unpaired) electrons. The Hall–Kier alpha value is -2.21. The van der Waals surface area contributed by atoms with E-state index in [1.54, 1.807) is 0 Å². The van der Waals surface area contributed by atoms with Gasteiger partial charge in [-0.3, -0.25) is 9.68 Å². The van der Waals surface area contributed by atoms with Crippen molar-refractivity contribution in [1.29, 1.82) is 0 Å². The molecule has 0 bridgehead atoms. The largest absolute Gasteiger partial charge is 0.334 e. The monoisotopic (exact) mass is 718 g/mol. The molecule has 0 unspecified atom stereocenters. The second-order valence-electron chi connectivity index (χ2n) is 2.99. The number of carbonyl (C=O) groups excluding carboxylic acids is 1. The van der Waals surface area contributed by atoms with Crippen molar-refractivity contribution in [1.82, 2.24) is 0 Å². The number of hydrogen-bond donors (Lipinski definition) is 1. The lowest BCUT2D eigenvalue weighted by atomic mass is 11.7. The van der Waals surface area contributed by atoms with Crippen LogP contribution in [0.1, 0.15) is 0 Å². The molecule has 45 heavy (non-hydrogen) atoms. The minimum atomic E-state index is -0.185. The van der Waals surface area contributed by atoms with Crippen LogP contribution >= 0.6 is 0 Å². The second kappa shape index (κ2) is 41.8. The van der Waals surface area contributed by atoms with E-state index in [-0.39, 0.29) is 6.47 Å². The average Bonchev–Trinajstić information content (AvgIpc) is 3.05. The molecule has 0 aliphatic heterocycles. The van der Waals surface area contributed by atoms with E-state index in [4.69, 9.17) is 5.26 Å². The smallest absolute Gasteiger partial charge is 0.270 e.